The summed E-state index contributed by atoms with van der Waals surface area (Å²) in [6, 6.07) is 57.0. The highest BCUT2D eigenvalue weighted by Gasteiger charge is 2.24. The highest BCUT2D eigenvalue weighted by atomic mass is 16.3. The number of hydrogen-bond acceptors (Lipinski definition) is 4. The third-order valence-corrected chi connectivity index (χ3v) is 8.94. The van der Waals surface area contributed by atoms with Crippen LogP contribution in [-0.2, 0) is 0 Å². The summed E-state index contributed by atoms with van der Waals surface area (Å²) in [7, 11) is 0. The summed E-state index contributed by atoms with van der Waals surface area (Å²) < 4.78 is 6.42. The van der Waals surface area contributed by atoms with Crippen molar-refractivity contribution in [3.63, 3.8) is 0 Å². The fourth-order valence-corrected chi connectivity index (χ4v) is 6.55. The van der Waals surface area contributed by atoms with Gasteiger partial charge in [-0.3, -0.25) is 0 Å². The Morgan fingerprint density at radius 3 is 1.91 bits per heavy atom. The van der Waals surface area contributed by atoms with Crippen LogP contribution >= 0.6 is 0 Å². The van der Waals surface area contributed by atoms with Crippen LogP contribution in [0.3, 0.4) is 0 Å². The lowest BCUT2D eigenvalue weighted by molar-refractivity contribution is 0.662. The van der Waals surface area contributed by atoms with Gasteiger partial charge in [-0.15, -0.1) is 0 Å². The Balaban J connectivity index is 1.16. The molecule has 0 aliphatic carbocycles. The van der Waals surface area contributed by atoms with E-state index in [0.29, 0.717) is 5.84 Å². The molecule has 4 nitrogen and oxygen atoms in total. The molecule has 1 aliphatic heterocycles. The largest absolute Gasteiger partial charge is 0.456 e. The van der Waals surface area contributed by atoms with E-state index in [9.17, 15) is 0 Å². The van der Waals surface area contributed by atoms with Crippen molar-refractivity contribution in [2.45, 2.75) is 6.17 Å². The number of benzene rings is 7. The van der Waals surface area contributed by atoms with Crippen molar-refractivity contribution < 1.29 is 4.42 Å². The number of nitrogens with zero attached hydrogens (tertiary/aromatic N) is 2. The molecule has 1 N–H and O–H groups in total. The zero-order valence-electron chi connectivity index (χ0n) is 25.5. The third-order valence-electron chi connectivity index (χ3n) is 8.94. The maximum absolute atomic E-state index is 6.42. The predicted octanol–water partition coefficient (Wildman–Crippen LogP) is 10.6. The topological polar surface area (TPSA) is 49.9 Å². The third kappa shape index (κ3) is 4.97. The van der Waals surface area contributed by atoms with Crippen molar-refractivity contribution in [2.24, 2.45) is 9.98 Å². The van der Waals surface area contributed by atoms with E-state index in [2.05, 4.69) is 133 Å². The van der Waals surface area contributed by atoms with Crippen LogP contribution in [0.1, 0.15) is 22.9 Å². The molecule has 0 spiro atoms. The first kappa shape index (κ1) is 27.1. The van der Waals surface area contributed by atoms with E-state index in [1.54, 1.807) is 0 Å². The van der Waals surface area contributed by atoms with Gasteiger partial charge in [0, 0.05) is 27.5 Å². The first-order valence-corrected chi connectivity index (χ1v) is 15.9. The van der Waals surface area contributed by atoms with Gasteiger partial charge in [-0.05, 0) is 57.3 Å². The van der Waals surface area contributed by atoms with Gasteiger partial charge in [-0.1, -0.05) is 140 Å². The second-order valence-electron chi connectivity index (χ2n) is 11.9. The molecule has 1 unspecified atom stereocenters. The molecular formula is C43H29N3O. The van der Waals surface area contributed by atoms with Gasteiger partial charge in [0.2, 0.25) is 0 Å². The minimum absolute atomic E-state index is 0.375. The van der Waals surface area contributed by atoms with Gasteiger partial charge < -0.3 is 9.73 Å². The highest BCUT2D eigenvalue weighted by molar-refractivity contribution is 6.14. The summed E-state index contributed by atoms with van der Waals surface area (Å²) in [6.45, 7) is 0. The van der Waals surface area contributed by atoms with Crippen molar-refractivity contribution in [3.8, 4) is 22.3 Å². The second-order valence-corrected chi connectivity index (χ2v) is 11.9. The summed E-state index contributed by atoms with van der Waals surface area (Å²) in [4.78, 5) is 10.2. The van der Waals surface area contributed by atoms with Crippen LogP contribution in [0, 0.1) is 0 Å². The first-order chi connectivity index (χ1) is 23.3. The fraction of sp³-hybridized carbons (Fsp3) is 0.0233. The molecule has 0 amide bonds. The molecule has 1 atom stereocenters. The smallest absolute Gasteiger partial charge is 0.159 e. The minimum atomic E-state index is -0.375. The molecule has 0 fully saturated rings. The van der Waals surface area contributed by atoms with Crippen LogP contribution in [0.5, 0.6) is 0 Å². The van der Waals surface area contributed by atoms with Gasteiger partial charge in [-0.2, -0.15) is 0 Å². The van der Waals surface area contributed by atoms with E-state index in [0.717, 1.165) is 55.6 Å². The Hall–Kier alpha value is -6.26. The maximum atomic E-state index is 6.42. The molecule has 2 heterocycles. The van der Waals surface area contributed by atoms with Crippen molar-refractivity contribution in [2.75, 3.05) is 0 Å². The Morgan fingerprint density at radius 2 is 1.11 bits per heavy atom. The molecule has 1 aromatic heterocycles. The second kappa shape index (κ2) is 11.3. The lowest BCUT2D eigenvalue weighted by Crippen LogP contribution is -2.33. The minimum Gasteiger partial charge on any atom is -0.456 e. The number of nitrogens with one attached hydrogen (secondary N) is 1. The summed E-state index contributed by atoms with van der Waals surface area (Å²) in [5, 5.41) is 8.25. The predicted molar refractivity (Wildman–Crippen MR) is 194 cm³/mol. The molecule has 0 saturated carbocycles. The molecule has 0 bridgehead atoms. The Labute approximate surface area is 272 Å². The molecule has 0 radical (unpaired) electrons. The number of rotatable bonds is 5. The van der Waals surface area contributed by atoms with Crippen LogP contribution in [0.4, 0.5) is 0 Å². The summed E-state index contributed by atoms with van der Waals surface area (Å²) in [5.74, 6) is 1.48. The molecule has 7 aromatic carbocycles. The molecule has 222 valence electrons. The summed E-state index contributed by atoms with van der Waals surface area (Å²) >= 11 is 0. The number of furan rings is 1. The van der Waals surface area contributed by atoms with Crippen molar-refractivity contribution in [1.82, 2.24) is 5.32 Å². The van der Waals surface area contributed by atoms with E-state index < -0.39 is 0 Å². The van der Waals surface area contributed by atoms with Gasteiger partial charge in [0.25, 0.3) is 0 Å². The normalized spacial score (nSPS) is 14.6. The summed E-state index contributed by atoms with van der Waals surface area (Å²) in [6.07, 6.45) is -0.375. The van der Waals surface area contributed by atoms with Crippen molar-refractivity contribution >= 4 is 44.4 Å². The zero-order valence-corrected chi connectivity index (χ0v) is 25.5. The molecule has 4 heteroatoms. The van der Waals surface area contributed by atoms with E-state index in [1.165, 1.54) is 21.9 Å². The van der Waals surface area contributed by atoms with E-state index in [4.69, 9.17) is 14.4 Å². The van der Waals surface area contributed by atoms with Gasteiger partial charge in [0.1, 0.15) is 23.2 Å². The molecule has 0 saturated heterocycles. The number of aliphatic imine (C=N–C) groups is 2. The van der Waals surface area contributed by atoms with Crippen LogP contribution in [0.15, 0.2) is 178 Å². The lowest BCUT2D eigenvalue weighted by Gasteiger charge is -2.24. The quantitative estimate of drug-likeness (QED) is 0.213. The van der Waals surface area contributed by atoms with E-state index in [-0.39, 0.29) is 6.17 Å². The zero-order chi connectivity index (χ0) is 31.2. The monoisotopic (exact) mass is 603 g/mol. The maximum Gasteiger partial charge on any atom is 0.159 e. The molecule has 1 aliphatic rings. The summed E-state index contributed by atoms with van der Waals surface area (Å²) in [5.41, 5.74) is 9.37. The molecule has 9 rings (SSSR count). The van der Waals surface area contributed by atoms with Crippen LogP contribution < -0.4 is 5.32 Å². The average molecular weight is 604 g/mol. The van der Waals surface area contributed by atoms with Gasteiger partial charge in [0.15, 0.2) is 5.84 Å². The van der Waals surface area contributed by atoms with Gasteiger partial charge in [-0.25, -0.2) is 9.98 Å². The SMILES string of the molecule is c1ccc(C2=NC(c3cccc4oc5ccc(-c6ccc7ccccc7c6)cc5c34)NC(c3ccc(-c4ccccc4)cc3)=N2)cc1. The Kier molecular flexibility index (Phi) is 6.50. The highest BCUT2D eigenvalue weighted by Crippen LogP contribution is 2.38. The Bertz CT molecular complexity index is 2480. The van der Waals surface area contributed by atoms with Crippen LogP contribution in [0.2, 0.25) is 0 Å². The van der Waals surface area contributed by atoms with Gasteiger partial charge >= 0.3 is 0 Å². The van der Waals surface area contributed by atoms with Crippen LogP contribution in [0.25, 0.3) is 55.0 Å². The molecular weight excluding hydrogens is 574 g/mol. The molecule has 47 heavy (non-hydrogen) atoms. The van der Waals surface area contributed by atoms with Crippen LogP contribution in [-0.4, -0.2) is 11.7 Å². The Morgan fingerprint density at radius 1 is 0.468 bits per heavy atom. The number of hydrogen-bond donors (Lipinski definition) is 1. The lowest BCUT2D eigenvalue weighted by atomic mass is 9.98. The van der Waals surface area contributed by atoms with Crippen molar-refractivity contribution in [1.29, 1.82) is 0 Å². The van der Waals surface area contributed by atoms with E-state index >= 15 is 0 Å². The standard InChI is InChI=1S/C43H29N3O/c1-3-10-28(11-4-1)30-18-21-32(22-19-30)42-44-41(31-13-5-2-6-14-31)45-43(46-42)36-16-9-17-39-40(36)37-27-35(24-25-38(37)47-39)34-23-20-29-12-7-8-15-33(29)26-34/h1-27,43H,(H,44,45,46). The molecule has 8 aromatic rings. The number of fused-ring (bicyclic) bond motifs is 4. The first-order valence-electron chi connectivity index (χ1n) is 15.9. The van der Waals surface area contributed by atoms with Gasteiger partial charge in [0.05, 0.1) is 0 Å². The van der Waals surface area contributed by atoms with E-state index in [1.807, 2.05) is 36.4 Å². The fourth-order valence-electron chi connectivity index (χ4n) is 6.55. The average Bonchev–Trinajstić information content (AvgIpc) is 3.53. The van der Waals surface area contributed by atoms with Crippen molar-refractivity contribution in [3.05, 3.63) is 180 Å². The number of amidine groups is 2.